The van der Waals surface area contributed by atoms with Crippen LogP contribution in [-0.4, -0.2) is 313 Å². The molecule has 0 radical (unpaired) electrons. The molecule has 12 N–H and O–H groups in total. The molecule has 3 aromatic carbocycles. The highest BCUT2D eigenvalue weighted by Gasteiger charge is 2.34. The summed E-state index contributed by atoms with van der Waals surface area (Å²) in [5.41, 5.74) is 22.2. The number of nitrogens with zero attached hydrogens (tertiary/aromatic N) is 15. The highest BCUT2D eigenvalue weighted by molar-refractivity contribution is 5.98. The van der Waals surface area contributed by atoms with Crippen LogP contribution in [0.25, 0.3) is 0 Å². The standard InChI is InChI=1S/3C29H44N8O3/c3*1-4-23-28(31-20-9-17-40-18-10-20)34-29(26(33-23)27(30)38)32-21-5-6-24(25(19-21)39-3)37-11-7-22(8-12-37)36-15-13-35(2)14-16-36/h3*5-6,19-20,22H,4,7-18H2,1-3H3,(H2,30,38)(H2,31,32,34)/i2D3,13D2,14D2,15D2,16D2;2D3,7D2,8D2;7D2,8D2. The molecule has 6 aromatic rings. The summed E-state index contributed by atoms with van der Waals surface area (Å²) < 4.78 is 219. The fourth-order valence-corrected chi connectivity index (χ4v) is 15.6. The second-order valence-electron chi connectivity index (χ2n) is 30.5. The number of carbonyl (C=O) groups excluding carboxylic acids is 3. The Kier molecular flexibility index (Phi) is 22.7. The van der Waals surface area contributed by atoms with Crippen LogP contribution in [0.3, 0.4) is 0 Å². The summed E-state index contributed by atoms with van der Waals surface area (Å²) in [5, 5.41) is 19.8. The lowest BCUT2D eigenvalue weighted by Crippen LogP contribution is -2.52. The van der Waals surface area contributed by atoms with E-state index in [0.717, 1.165) is 51.6 Å². The Hall–Kier alpha value is -9.45. The molecule has 12 heterocycles. The van der Waals surface area contributed by atoms with E-state index in [4.69, 9.17) is 90.7 Å². The SMILES string of the molecule is [2H]C([2H])([2H])N1C([2H])([2H])C([2H])([2H])N(C2CCN(c3ccc(Nc4nc(NC5CCOCC5)c(CC)nc4C(N)=O)cc3OC)CC2)C([2H])([2H])C1([2H])[2H].[2H]C1([2H])CN(c2ccc(Nc3nc(NC4CCOCC4)c(CC)nc3C(N)=O)cc2OC)CC([2H])([2H])C1N1CCN(C([2H])([2H])[2H])CC1.[2H]C1([2H])CN(c2ccc(Nc3nc(NC4CCOCC4)c(CC)nc3C(N)=O)cc2OC)CC([2H])([2H])C1N1CCN(C)CC1. The number of amides is 3. The van der Waals surface area contributed by atoms with Crippen LogP contribution >= 0.6 is 0 Å². The first kappa shape index (κ1) is 63.5. The van der Waals surface area contributed by atoms with Crippen LogP contribution in [0, 0.1) is 0 Å². The normalized spacial score (nSPS) is 26.2. The predicted molar refractivity (Wildman–Crippen MR) is 474 cm³/mol. The summed E-state index contributed by atoms with van der Waals surface area (Å²) in [6.07, 6.45) is -0.800. The summed E-state index contributed by atoms with van der Waals surface area (Å²) in [7, 11) is 6.50. The Morgan fingerprint density at radius 2 is 0.717 bits per heavy atom. The Balaban J connectivity index is 0.000000179. The number of hydrogen-bond donors (Lipinski definition) is 9. The van der Waals surface area contributed by atoms with E-state index in [1.54, 1.807) is 69.3 Å². The van der Waals surface area contributed by atoms with Crippen LogP contribution in [0.1, 0.15) is 176 Å². The van der Waals surface area contributed by atoms with E-state index in [-0.39, 0.29) is 136 Å². The molecule has 0 spiro atoms. The number of nitrogens with two attached hydrogens (primary N) is 3. The van der Waals surface area contributed by atoms with E-state index < -0.39 is 101 Å². The maximum atomic E-state index is 12.4. The van der Waals surface area contributed by atoms with Crippen molar-refractivity contribution in [3.63, 3.8) is 0 Å². The van der Waals surface area contributed by atoms with Crippen molar-refractivity contribution in [3.05, 3.63) is 88.8 Å². The number of primary amides is 3. The van der Waals surface area contributed by atoms with E-state index in [9.17, 15) is 14.4 Å². The number of nitrogens with one attached hydrogen (secondary N) is 6. The Bertz CT molecular complexity index is 5330. The van der Waals surface area contributed by atoms with Gasteiger partial charge in [0.05, 0.1) is 55.5 Å². The largest absolute Gasteiger partial charge is 0.495 e. The van der Waals surface area contributed by atoms with Crippen LogP contribution in [0.15, 0.2) is 54.6 Å². The average molecular weight is 1680 g/mol. The van der Waals surface area contributed by atoms with E-state index in [1.165, 1.54) is 26.2 Å². The van der Waals surface area contributed by atoms with Gasteiger partial charge in [-0.05, 0) is 154 Å². The summed E-state index contributed by atoms with van der Waals surface area (Å²) in [5.74, 6) is 1.26. The van der Waals surface area contributed by atoms with Gasteiger partial charge in [-0.15, -0.1) is 0 Å². The molecule has 0 atom stereocenters. The van der Waals surface area contributed by atoms with Gasteiger partial charge in [-0.1, -0.05) is 20.8 Å². The van der Waals surface area contributed by atoms with Crippen LogP contribution in [-0.2, 0) is 33.5 Å². The number of piperidine rings is 3. The third-order valence-electron chi connectivity index (χ3n) is 22.5. The van der Waals surface area contributed by atoms with Gasteiger partial charge >= 0.3 is 0 Å². The lowest BCUT2D eigenvalue weighted by atomic mass is 10.0. The zero-order valence-electron chi connectivity index (χ0n) is 91.7. The molecular weight excluding hydrogens is 1530 g/mol. The lowest BCUT2D eigenvalue weighted by molar-refractivity contribution is 0.0902. The van der Waals surface area contributed by atoms with Crippen molar-refractivity contribution in [1.29, 1.82) is 0 Å². The van der Waals surface area contributed by atoms with Crippen LogP contribution in [0.5, 0.6) is 17.2 Å². The molecule has 0 aliphatic carbocycles. The number of ether oxygens (including phenoxy) is 6. The monoisotopic (exact) mass is 1680 g/mol. The van der Waals surface area contributed by atoms with Crippen molar-refractivity contribution in [3.8, 4) is 17.2 Å². The highest BCUT2D eigenvalue weighted by Crippen LogP contribution is 2.40. The molecule has 120 heavy (non-hydrogen) atoms. The third kappa shape index (κ3) is 23.0. The number of likely N-dealkylation sites (N-methyl/N-ethyl adjacent to an activating group) is 3. The fraction of sp³-hybridized carbons (Fsp3) is 0.621. The third-order valence-corrected chi connectivity index (χ3v) is 22.5. The van der Waals surface area contributed by atoms with Gasteiger partial charge in [0.2, 0.25) is 0 Å². The van der Waals surface area contributed by atoms with E-state index >= 15 is 0 Å². The van der Waals surface area contributed by atoms with E-state index in [0.29, 0.717) is 163 Å². The van der Waals surface area contributed by atoms with Gasteiger partial charge in [0.25, 0.3) is 17.7 Å². The number of aromatic nitrogens is 6. The topological polar surface area (TPSA) is 363 Å². The van der Waals surface area contributed by atoms with Gasteiger partial charge in [0.1, 0.15) is 17.2 Å². The van der Waals surface area contributed by atoms with Crippen molar-refractivity contribution < 1.29 is 73.0 Å². The molecule has 0 saturated carbocycles. The van der Waals surface area contributed by atoms with Crippen molar-refractivity contribution >= 4 is 86.8 Å². The van der Waals surface area contributed by atoms with Gasteiger partial charge in [-0.3, -0.25) is 29.1 Å². The first-order valence-electron chi connectivity index (χ1n) is 52.5. The zero-order valence-corrected chi connectivity index (χ0v) is 69.7. The maximum Gasteiger partial charge on any atom is 0.271 e. The number of benzene rings is 3. The van der Waals surface area contributed by atoms with Crippen molar-refractivity contribution in [1.82, 2.24) is 59.3 Å². The molecule has 9 fully saturated rings. The zero-order chi connectivity index (χ0) is 104. The Morgan fingerprint density at radius 1 is 0.400 bits per heavy atom. The van der Waals surface area contributed by atoms with Crippen molar-refractivity contribution in [2.75, 3.05) is 246 Å². The maximum absolute atomic E-state index is 12.4. The first-order chi connectivity index (χ1) is 66.7. The Morgan fingerprint density at radius 3 is 1.02 bits per heavy atom. The quantitative estimate of drug-likeness (QED) is 0.0235. The van der Waals surface area contributed by atoms with Gasteiger partial charge in [0.15, 0.2) is 52.0 Å². The molecular formula is C87H132N24O9. The lowest BCUT2D eigenvalue weighted by Gasteiger charge is -2.42. The van der Waals surface area contributed by atoms with Crippen molar-refractivity contribution in [2.45, 2.75) is 153 Å². The van der Waals surface area contributed by atoms with Crippen LogP contribution in [0.2, 0.25) is 0 Å². The summed E-state index contributed by atoms with van der Waals surface area (Å²) in [6, 6.07) is 13.1. The number of methoxy groups -OCH3 is 3. The van der Waals surface area contributed by atoms with Gasteiger partial charge in [-0.25, -0.2) is 29.9 Å². The molecule has 33 heteroatoms. The molecule has 3 amide bonds. The molecule has 0 unspecified atom stereocenters. The Labute approximate surface area is 739 Å². The number of aryl methyl sites for hydroxylation is 3. The second kappa shape index (κ2) is 42.9. The smallest absolute Gasteiger partial charge is 0.271 e. The number of anilines is 12. The minimum Gasteiger partial charge on any atom is -0.495 e. The highest BCUT2D eigenvalue weighted by atomic mass is 16.5. The molecule has 3 aromatic heterocycles. The molecule has 9 saturated heterocycles. The van der Waals surface area contributed by atoms with Gasteiger partial charge in [0, 0.05) is 259 Å². The fourth-order valence-electron chi connectivity index (χ4n) is 15.6. The molecule has 9 aliphatic heterocycles. The molecule has 654 valence electrons. The number of rotatable bonds is 27. The van der Waals surface area contributed by atoms with Gasteiger partial charge in [-0.2, -0.15) is 0 Å². The number of carbonyl (C=O) groups is 3. The number of hydrogen-bond acceptors (Lipinski definition) is 30. The van der Waals surface area contributed by atoms with Gasteiger partial charge < -0.3 is 107 Å². The van der Waals surface area contributed by atoms with E-state index in [1.807, 2.05) is 37.6 Å². The second-order valence-corrected chi connectivity index (χ2v) is 30.5. The van der Waals surface area contributed by atoms with Crippen LogP contribution in [0.4, 0.5) is 69.0 Å². The molecule has 33 nitrogen and oxygen atoms in total. The summed E-state index contributed by atoms with van der Waals surface area (Å²) in [6.45, 7) is -5.20. The molecule has 9 aliphatic rings. The number of piperazine rings is 3. The minimum atomic E-state index is -3.46. The van der Waals surface area contributed by atoms with E-state index in [2.05, 4.69) is 51.8 Å². The summed E-state index contributed by atoms with van der Waals surface area (Å²) >= 11 is 0. The summed E-state index contributed by atoms with van der Waals surface area (Å²) in [4.78, 5) is 77.7. The predicted octanol–water partition coefficient (Wildman–Crippen LogP) is 8.09. The minimum absolute atomic E-state index is 0.00872. The molecule has 0 bridgehead atoms. The van der Waals surface area contributed by atoms with Crippen molar-refractivity contribution in [2.24, 2.45) is 17.2 Å². The average Bonchev–Trinajstić information content (AvgIpc) is 0.678. The first-order valence-corrected chi connectivity index (χ1v) is 41.5. The van der Waals surface area contributed by atoms with Crippen LogP contribution < -0.4 is 78.0 Å². The molecule has 15 rings (SSSR count).